The Morgan fingerprint density at radius 1 is 1.54 bits per heavy atom. The maximum Gasteiger partial charge on any atom is 0.436 e. The van der Waals surface area contributed by atoms with Crippen LogP contribution < -0.4 is 0 Å². The highest BCUT2D eigenvalue weighted by molar-refractivity contribution is 5.99. The zero-order valence-electron chi connectivity index (χ0n) is 14.3. The largest absolute Gasteiger partial charge is 0.436 e. The Hall–Kier alpha value is -1.59. The van der Waals surface area contributed by atoms with Crippen LogP contribution in [-0.2, 0) is 9.63 Å². The molecule has 1 fully saturated rings. The van der Waals surface area contributed by atoms with Crippen LogP contribution in [0.15, 0.2) is 29.0 Å². The van der Waals surface area contributed by atoms with Gasteiger partial charge < -0.3 is 4.84 Å². The second kappa shape index (κ2) is 7.11. The first-order valence-corrected chi connectivity index (χ1v) is 8.28. The number of oxime groups is 1. The summed E-state index contributed by atoms with van der Waals surface area (Å²) in [5.41, 5.74) is 0.0350. The van der Waals surface area contributed by atoms with E-state index in [2.05, 4.69) is 23.0 Å². The van der Waals surface area contributed by atoms with Gasteiger partial charge in [0.2, 0.25) is 0 Å². The predicted molar refractivity (Wildman–Crippen MR) is 86.6 cm³/mol. The number of rotatable bonds is 5. The van der Waals surface area contributed by atoms with E-state index in [0.29, 0.717) is 18.6 Å². The number of halogens is 3. The minimum Gasteiger partial charge on any atom is -0.399 e. The van der Waals surface area contributed by atoms with Crippen molar-refractivity contribution in [2.45, 2.75) is 52.1 Å². The third-order valence-electron chi connectivity index (χ3n) is 5.29. The number of carbonyl (C=O) groups is 1. The van der Waals surface area contributed by atoms with E-state index in [4.69, 9.17) is 0 Å². The number of nitrogens with zero attached hydrogens (tertiary/aromatic N) is 1. The number of hydrogen-bond acceptors (Lipinski definition) is 3. The first-order chi connectivity index (χ1) is 11.2. The summed E-state index contributed by atoms with van der Waals surface area (Å²) in [4.78, 5) is 16.4. The highest BCUT2D eigenvalue weighted by Gasteiger charge is 2.47. The smallest absolute Gasteiger partial charge is 0.399 e. The van der Waals surface area contributed by atoms with Crippen LogP contribution in [0.3, 0.4) is 0 Å². The number of ketones is 1. The standard InChI is InChI=1S/C18H24F3NO2/c1-12(6-4-8-16(22-24-3)18(19,20)21)13-9-10-14-15(23)7-5-11-17(13,14)2/h4,8-9,12,14H,5-7,10-11H2,1-3H3/b8-4+,22-16+/t12-,14+,17-/m1/s1. The fraction of sp³-hybridized carbons (Fsp3) is 0.667. The molecule has 2 aliphatic rings. The first-order valence-electron chi connectivity index (χ1n) is 8.28. The Morgan fingerprint density at radius 2 is 2.25 bits per heavy atom. The van der Waals surface area contributed by atoms with Crippen molar-refractivity contribution >= 4 is 11.5 Å². The Bertz CT molecular complexity index is 577. The van der Waals surface area contributed by atoms with E-state index >= 15 is 0 Å². The van der Waals surface area contributed by atoms with Crippen LogP contribution >= 0.6 is 0 Å². The van der Waals surface area contributed by atoms with Crippen molar-refractivity contribution in [2.75, 3.05) is 7.11 Å². The molecule has 0 spiro atoms. The normalized spacial score (nSPS) is 29.6. The van der Waals surface area contributed by atoms with E-state index in [1.165, 1.54) is 11.6 Å². The Balaban J connectivity index is 2.05. The van der Waals surface area contributed by atoms with E-state index in [9.17, 15) is 18.0 Å². The molecule has 0 aliphatic heterocycles. The minimum absolute atomic E-state index is 0.0495. The zero-order valence-corrected chi connectivity index (χ0v) is 14.3. The van der Waals surface area contributed by atoms with Crippen molar-refractivity contribution in [2.24, 2.45) is 22.4 Å². The molecule has 1 saturated carbocycles. The van der Waals surface area contributed by atoms with Crippen LogP contribution in [0.1, 0.15) is 46.0 Å². The molecule has 2 rings (SSSR count). The molecule has 134 valence electrons. The van der Waals surface area contributed by atoms with Gasteiger partial charge in [0.25, 0.3) is 0 Å². The summed E-state index contributed by atoms with van der Waals surface area (Å²) in [7, 11) is 1.09. The number of alkyl halides is 3. The van der Waals surface area contributed by atoms with Crippen LogP contribution in [0.2, 0.25) is 0 Å². The van der Waals surface area contributed by atoms with Crippen molar-refractivity contribution in [1.29, 1.82) is 0 Å². The Morgan fingerprint density at radius 3 is 2.88 bits per heavy atom. The fourth-order valence-corrected chi connectivity index (χ4v) is 4.10. The summed E-state index contributed by atoms with van der Waals surface area (Å²) in [5, 5.41) is 3.02. The lowest BCUT2D eigenvalue weighted by Crippen LogP contribution is -2.36. The molecule has 0 aromatic heterocycles. The Labute approximate surface area is 140 Å². The SMILES string of the molecule is CO/N=C(\C=C\C[C@@H](C)C1=CC[C@H]2C(=O)CCC[C@]12C)C(F)(F)F. The van der Waals surface area contributed by atoms with E-state index in [1.807, 2.05) is 6.92 Å². The summed E-state index contributed by atoms with van der Waals surface area (Å²) >= 11 is 0. The average molecular weight is 343 g/mol. The van der Waals surface area contributed by atoms with Crippen molar-refractivity contribution in [3.05, 3.63) is 23.8 Å². The molecule has 6 heteroatoms. The van der Waals surface area contributed by atoms with Gasteiger partial charge in [-0.25, -0.2) is 0 Å². The van der Waals surface area contributed by atoms with Crippen LogP contribution in [0, 0.1) is 17.3 Å². The van der Waals surface area contributed by atoms with Crippen molar-refractivity contribution in [1.82, 2.24) is 0 Å². The third-order valence-corrected chi connectivity index (χ3v) is 5.29. The highest BCUT2D eigenvalue weighted by Crippen LogP contribution is 2.53. The molecule has 0 aromatic rings. The summed E-state index contributed by atoms with van der Waals surface area (Å²) in [5.74, 6) is 0.469. The quantitative estimate of drug-likeness (QED) is 0.407. The van der Waals surface area contributed by atoms with Gasteiger partial charge in [-0.2, -0.15) is 13.2 Å². The van der Waals surface area contributed by atoms with Gasteiger partial charge in [-0.05, 0) is 43.1 Å². The van der Waals surface area contributed by atoms with E-state index in [-0.39, 0.29) is 17.3 Å². The van der Waals surface area contributed by atoms with Gasteiger partial charge >= 0.3 is 6.18 Å². The molecule has 2 aliphatic carbocycles. The lowest BCUT2D eigenvalue weighted by molar-refractivity contribution is -0.128. The zero-order chi connectivity index (χ0) is 18.0. The molecule has 0 unspecified atom stereocenters. The molecule has 0 radical (unpaired) electrons. The summed E-state index contributed by atoms with van der Waals surface area (Å²) in [6.45, 7) is 4.13. The molecule has 0 amide bonds. The van der Waals surface area contributed by atoms with Crippen LogP contribution in [0.25, 0.3) is 0 Å². The fourth-order valence-electron chi connectivity index (χ4n) is 4.10. The number of allylic oxidation sites excluding steroid dienone is 4. The maximum absolute atomic E-state index is 12.7. The lowest BCUT2D eigenvalue weighted by Gasteiger charge is -2.40. The molecule has 3 atom stereocenters. The first kappa shape index (κ1) is 18.7. The molecule has 0 heterocycles. The number of fused-ring (bicyclic) bond motifs is 1. The maximum atomic E-state index is 12.7. The monoisotopic (exact) mass is 343 g/mol. The molecular weight excluding hydrogens is 319 g/mol. The van der Waals surface area contributed by atoms with Gasteiger partial charge in [0, 0.05) is 12.3 Å². The number of carbonyl (C=O) groups excluding carboxylic acids is 1. The van der Waals surface area contributed by atoms with Crippen LogP contribution in [0.4, 0.5) is 13.2 Å². The topological polar surface area (TPSA) is 38.7 Å². The van der Waals surface area contributed by atoms with Crippen molar-refractivity contribution in [3.8, 4) is 0 Å². The second-order valence-electron chi connectivity index (χ2n) is 6.88. The van der Waals surface area contributed by atoms with Gasteiger partial charge in [0.1, 0.15) is 12.9 Å². The Kier molecular flexibility index (Phi) is 5.56. The number of Topliss-reactive ketones (excluding diaryl/α,β-unsaturated/α-hetero) is 1. The lowest BCUT2D eigenvalue weighted by atomic mass is 9.63. The molecule has 0 aromatic carbocycles. The summed E-state index contributed by atoms with van der Waals surface area (Å²) in [6.07, 6.45) is 3.79. The molecule has 24 heavy (non-hydrogen) atoms. The second-order valence-corrected chi connectivity index (χ2v) is 6.88. The predicted octanol–water partition coefficient (Wildman–Crippen LogP) is 4.84. The molecule has 3 nitrogen and oxygen atoms in total. The molecule has 0 bridgehead atoms. The van der Waals surface area contributed by atoms with Crippen molar-refractivity contribution < 1.29 is 22.8 Å². The van der Waals surface area contributed by atoms with Crippen LogP contribution in [0.5, 0.6) is 0 Å². The van der Waals surface area contributed by atoms with E-state index in [0.717, 1.165) is 32.4 Å². The highest BCUT2D eigenvalue weighted by atomic mass is 19.4. The van der Waals surface area contributed by atoms with Gasteiger partial charge in [0.15, 0.2) is 5.71 Å². The molecule has 0 N–H and O–H groups in total. The summed E-state index contributed by atoms with van der Waals surface area (Å²) < 4.78 is 38.2. The molecular formula is C18H24F3NO2. The third kappa shape index (κ3) is 3.73. The van der Waals surface area contributed by atoms with Crippen LogP contribution in [-0.4, -0.2) is 24.8 Å². The van der Waals surface area contributed by atoms with E-state index in [1.54, 1.807) is 0 Å². The molecule has 0 saturated heterocycles. The van der Waals surface area contributed by atoms with Gasteiger partial charge in [-0.3, -0.25) is 4.79 Å². The minimum atomic E-state index is -4.53. The average Bonchev–Trinajstić information content (AvgIpc) is 2.83. The van der Waals surface area contributed by atoms with Crippen molar-refractivity contribution in [3.63, 3.8) is 0 Å². The van der Waals surface area contributed by atoms with Gasteiger partial charge in [-0.15, -0.1) is 0 Å². The van der Waals surface area contributed by atoms with E-state index < -0.39 is 11.9 Å². The number of hydrogen-bond donors (Lipinski definition) is 0. The van der Waals surface area contributed by atoms with Gasteiger partial charge in [0.05, 0.1) is 0 Å². The summed E-state index contributed by atoms with van der Waals surface area (Å²) in [6, 6.07) is 0. The van der Waals surface area contributed by atoms with Gasteiger partial charge in [-0.1, -0.05) is 36.7 Å².